The minimum absolute atomic E-state index is 0.00473. The van der Waals surface area contributed by atoms with Crippen LogP contribution in [0.3, 0.4) is 0 Å². The molecule has 2 aromatic carbocycles. The summed E-state index contributed by atoms with van der Waals surface area (Å²) in [4.78, 5) is 24.5. The molecule has 1 aliphatic rings. The molecule has 2 aromatic rings. The fourth-order valence-electron chi connectivity index (χ4n) is 4.34. The maximum atomic E-state index is 12.5. The van der Waals surface area contributed by atoms with Crippen LogP contribution >= 0.6 is 0 Å². The molecule has 0 aliphatic heterocycles. The molecule has 0 aromatic heterocycles. The summed E-state index contributed by atoms with van der Waals surface area (Å²) in [5, 5.41) is 0. The van der Waals surface area contributed by atoms with Crippen molar-refractivity contribution >= 4 is 29.4 Å². The third-order valence-electron chi connectivity index (χ3n) is 6.44. The molecule has 0 atom stereocenters. The normalized spacial score (nSPS) is 18.0. The average molecular weight is 465 g/mol. The number of hydrogen-bond acceptors (Lipinski definition) is 6. The van der Waals surface area contributed by atoms with Crippen molar-refractivity contribution in [2.24, 2.45) is 11.8 Å². The highest BCUT2D eigenvalue weighted by Gasteiger charge is 2.27. The van der Waals surface area contributed by atoms with Crippen LogP contribution in [-0.4, -0.2) is 18.5 Å². The molecule has 6 nitrogen and oxygen atoms in total. The lowest BCUT2D eigenvalue weighted by Crippen LogP contribution is -2.25. The van der Waals surface area contributed by atoms with Crippen molar-refractivity contribution in [3.05, 3.63) is 59.7 Å². The third-order valence-corrected chi connectivity index (χ3v) is 6.44. The van der Waals surface area contributed by atoms with E-state index in [1.54, 1.807) is 36.4 Å². The topological polar surface area (TPSA) is 105 Å². The van der Waals surface area contributed by atoms with Gasteiger partial charge in [0, 0.05) is 23.9 Å². The third kappa shape index (κ3) is 7.94. The van der Waals surface area contributed by atoms with E-state index in [0.717, 1.165) is 42.7 Å². The quantitative estimate of drug-likeness (QED) is 0.207. The van der Waals surface area contributed by atoms with Gasteiger partial charge in [0.05, 0.1) is 12.5 Å². The lowest BCUT2D eigenvalue weighted by molar-refractivity contribution is -0.140. The van der Waals surface area contributed by atoms with E-state index in [1.165, 1.54) is 25.3 Å². The maximum absolute atomic E-state index is 12.5. The summed E-state index contributed by atoms with van der Waals surface area (Å²) in [6, 6.07) is 12.4. The number of carbonyl (C=O) groups excluding carboxylic acids is 2. The predicted molar refractivity (Wildman–Crippen MR) is 136 cm³/mol. The second-order valence-corrected chi connectivity index (χ2v) is 9.06. The molecule has 182 valence electrons. The lowest BCUT2D eigenvalue weighted by atomic mass is 9.80. The van der Waals surface area contributed by atoms with Crippen LogP contribution in [0.25, 0.3) is 6.08 Å². The molecule has 1 aliphatic carbocycles. The van der Waals surface area contributed by atoms with Crippen molar-refractivity contribution in [1.82, 2.24) is 0 Å². The Kier molecular flexibility index (Phi) is 9.56. The van der Waals surface area contributed by atoms with Crippen molar-refractivity contribution in [2.75, 3.05) is 18.1 Å². The SMILES string of the molecule is CCCCC1CCC(C(=O)Oc2ccc(/C=C/C(=O)OCCc3cc(N)ccc3N)cc2)CC1. The van der Waals surface area contributed by atoms with Crippen LogP contribution in [0.4, 0.5) is 11.4 Å². The molecule has 6 heteroatoms. The molecule has 0 amide bonds. The average Bonchev–Trinajstić information content (AvgIpc) is 2.84. The standard InChI is InChI=1S/C28H36N2O4/c1-2-3-4-20-5-10-22(11-6-20)28(32)34-25-13-7-21(8-14-25)9-16-27(31)33-18-17-23-19-24(29)12-15-26(23)30/h7-9,12-16,19-20,22H,2-6,10-11,17-18,29-30H2,1H3/b16-9+. The first-order chi connectivity index (χ1) is 16.4. The Morgan fingerprint density at radius 2 is 1.76 bits per heavy atom. The van der Waals surface area contributed by atoms with Gasteiger partial charge in [-0.25, -0.2) is 4.79 Å². The molecule has 0 heterocycles. The molecule has 1 fully saturated rings. The van der Waals surface area contributed by atoms with Gasteiger partial charge in [-0.2, -0.15) is 0 Å². The number of benzene rings is 2. The van der Waals surface area contributed by atoms with Crippen molar-refractivity contribution in [1.29, 1.82) is 0 Å². The van der Waals surface area contributed by atoms with Crippen molar-refractivity contribution in [3.63, 3.8) is 0 Å². The molecule has 1 saturated carbocycles. The van der Waals surface area contributed by atoms with E-state index in [-0.39, 0.29) is 18.5 Å². The minimum Gasteiger partial charge on any atom is -0.462 e. The number of esters is 2. The molecular weight excluding hydrogens is 428 g/mol. The van der Waals surface area contributed by atoms with Crippen molar-refractivity contribution < 1.29 is 19.1 Å². The van der Waals surface area contributed by atoms with E-state index >= 15 is 0 Å². The highest BCUT2D eigenvalue weighted by atomic mass is 16.5. The second-order valence-electron chi connectivity index (χ2n) is 9.06. The zero-order chi connectivity index (χ0) is 24.3. The molecule has 0 radical (unpaired) electrons. The monoisotopic (exact) mass is 464 g/mol. The fraction of sp³-hybridized carbons (Fsp3) is 0.429. The summed E-state index contributed by atoms with van der Waals surface area (Å²) in [5.74, 6) is 0.707. The molecule has 34 heavy (non-hydrogen) atoms. The predicted octanol–water partition coefficient (Wildman–Crippen LogP) is 5.55. The summed E-state index contributed by atoms with van der Waals surface area (Å²) >= 11 is 0. The Labute approximate surface area is 202 Å². The molecule has 4 N–H and O–H groups in total. The Bertz CT molecular complexity index is 976. The molecule has 0 spiro atoms. The number of nitrogens with two attached hydrogens (primary N) is 2. The molecule has 0 saturated heterocycles. The molecule has 0 bridgehead atoms. The van der Waals surface area contributed by atoms with Gasteiger partial charge < -0.3 is 20.9 Å². The van der Waals surface area contributed by atoms with Crippen LogP contribution in [0.2, 0.25) is 0 Å². The van der Waals surface area contributed by atoms with E-state index in [1.807, 2.05) is 12.1 Å². The summed E-state index contributed by atoms with van der Waals surface area (Å²) in [7, 11) is 0. The largest absolute Gasteiger partial charge is 0.462 e. The van der Waals surface area contributed by atoms with Crippen molar-refractivity contribution in [3.8, 4) is 5.75 Å². The van der Waals surface area contributed by atoms with Crippen LogP contribution in [0.15, 0.2) is 48.5 Å². The molecule has 0 unspecified atom stereocenters. The Balaban J connectivity index is 1.40. The Hall–Kier alpha value is -3.28. The smallest absolute Gasteiger partial charge is 0.330 e. The summed E-state index contributed by atoms with van der Waals surface area (Å²) in [5.41, 5.74) is 14.6. The first-order valence-corrected chi connectivity index (χ1v) is 12.2. The van der Waals surface area contributed by atoms with Crippen LogP contribution in [0.1, 0.15) is 63.0 Å². The number of hydrogen-bond donors (Lipinski definition) is 2. The summed E-state index contributed by atoms with van der Waals surface area (Å²) < 4.78 is 10.8. The van der Waals surface area contributed by atoms with Gasteiger partial charge in [0.15, 0.2) is 0 Å². The number of ether oxygens (including phenoxy) is 2. The van der Waals surface area contributed by atoms with Crippen LogP contribution < -0.4 is 16.2 Å². The minimum atomic E-state index is -0.437. The summed E-state index contributed by atoms with van der Waals surface area (Å²) in [6.45, 7) is 2.43. The number of rotatable bonds is 10. The van der Waals surface area contributed by atoms with Gasteiger partial charge in [0.1, 0.15) is 5.75 Å². The van der Waals surface area contributed by atoms with Gasteiger partial charge in [-0.3, -0.25) is 4.79 Å². The number of carbonyl (C=O) groups is 2. The van der Waals surface area contributed by atoms with Gasteiger partial charge in [-0.1, -0.05) is 38.3 Å². The molecular formula is C28H36N2O4. The van der Waals surface area contributed by atoms with E-state index in [2.05, 4.69) is 6.92 Å². The highest BCUT2D eigenvalue weighted by Crippen LogP contribution is 2.32. The highest BCUT2D eigenvalue weighted by molar-refractivity contribution is 5.87. The first kappa shape index (κ1) is 25.3. The maximum Gasteiger partial charge on any atom is 0.330 e. The van der Waals surface area contributed by atoms with Crippen LogP contribution in [0, 0.1) is 11.8 Å². The van der Waals surface area contributed by atoms with Crippen LogP contribution in [0.5, 0.6) is 5.75 Å². The van der Waals surface area contributed by atoms with Gasteiger partial charge in [-0.05, 0) is 79.1 Å². The fourth-order valence-corrected chi connectivity index (χ4v) is 4.34. The van der Waals surface area contributed by atoms with Gasteiger partial charge in [-0.15, -0.1) is 0 Å². The van der Waals surface area contributed by atoms with Crippen LogP contribution in [-0.2, 0) is 20.7 Å². The first-order valence-electron chi connectivity index (χ1n) is 12.2. The lowest BCUT2D eigenvalue weighted by Gasteiger charge is -2.27. The number of anilines is 2. The number of unbranched alkanes of at least 4 members (excludes halogenated alkanes) is 1. The van der Waals surface area contributed by atoms with E-state index in [9.17, 15) is 9.59 Å². The van der Waals surface area contributed by atoms with Crippen molar-refractivity contribution in [2.45, 2.75) is 58.3 Å². The van der Waals surface area contributed by atoms with E-state index in [4.69, 9.17) is 20.9 Å². The van der Waals surface area contributed by atoms with E-state index in [0.29, 0.717) is 23.5 Å². The Morgan fingerprint density at radius 1 is 1.03 bits per heavy atom. The number of nitrogen functional groups attached to an aromatic ring is 2. The summed E-state index contributed by atoms with van der Waals surface area (Å²) in [6.07, 6.45) is 11.4. The zero-order valence-electron chi connectivity index (χ0n) is 20.0. The second kappa shape index (κ2) is 12.8. The van der Waals surface area contributed by atoms with Gasteiger partial charge >= 0.3 is 11.9 Å². The Morgan fingerprint density at radius 3 is 2.47 bits per heavy atom. The van der Waals surface area contributed by atoms with E-state index < -0.39 is 5.97 Å². The zero-order valence-corrected chi connectivity index (χ0v) is 20.0. The van der Waals surface area contributed by atoms with Gasteiger partial charge in [0.2, 0.25) is 0 Å². The van der Waals surface area contributed by atoms with Gasteiger partial charge in [0.25, 0.3) is 0 Å². The molecule has 3 rings (SSSR count).